The third kappa shape index (κ3) is 6.51. The van der Waals surface area contributed by atoms with Gasteiger partial charge in [-0.3, -0.25) is 19.9 Å². The Morgan fingerprint density at radius 2 is 1.56 bits per heavy atom. The van der Waals surface area contributed by atoms with Crippen LogP contribution in [0.25, 0.3) is 22.5 Å². The van der Waals surface area contributed by atoms with Gasteiger partial charge in [0, 0.05) is 72.6 Å². The number of anilines is 2. The van der Waals surface area contributed by atoms with Crippen molar-refractivity contribution in [3.8, 4) is 22.5 Å². The van der Waals surface area contributed by atoms with E-state index in [-0.39, 0.29) is 12.1 Å². The maximum absolute atomic E-state index is 12.8. The smallest absolute Gasteiger partial charge is 0.323 e. The number of nitrogens with zero attached hydrogens (tertiary/aromatic N) is 8. The number of aromatic nitrogens is 4. The Bertz CT molecular complexity index is 1990. The van der Waals surface area contributed by atoms with Gasteiger partial charge in [-0.1, -0.05) is 0 Å². The highest BCUT2D eigenvalue weighted by molar-refractivity contribution is 5.97. The number of hydrogen-bond acceptors (Lipinski definition) is 8. The van der Waals surface area contributed by atoms with Gasteiger partial charge in [-0.2, -0.15) is 0 Å². The summed E-state index contributed by atoms with van der Waals surface area (Å²) in [4.78, 5) is 39.9. The molecule has 10 rings (SSSR count). The molecule has 2 amide bonds. The minimum absolute atomic E-state index is 0.00542. The maximum Gasteiger partial charge on any atom is 0.323 e. The number of rotatable bonds is 3. The molecule has 11 nitrogen and oxygen atoms in total. The number of aryl methyl sites for hydroxylation is 2. The van der Waals surface area contributed by atoms with Gasteiger partial charge in [-0.05, 0) is 88.4 Å². The van der Waals surface area contributed by atoms with Crippen molar-refractivity contribution in [1.82, 2.24) is 29.8 Å². The second-order valence-corrected chi connectivity index (χ2v) is 13.8. The van der Waals surface area contributed by atoms with Crippen LogP contribution in [0.5, 0.6) is 0 Å². The van der Waals surface area contributed by atoms with Crippen LogP contribution in [0.2, 0.25) is 0 Å². The summed E-state index contributed by atoms with van der Waals surface area (Å²) < 4.78 is 2.39. The van der Waals surface area contributed by atoms with Crippen LogP contribution in [0.3, 0.4) is 0 Å². The Hall–Kier alpha value is -4.77. The van der Waals surface area contributed by atoms with E-state index in [4.69, 9.17) is 20.7 Å². The van der Waals surface area contributed by atoms with E-state index < -0.39 is 0 Å². The van der Waals surface area contributed by atoms with Crippen LogP contribution in [0, 0.1) is 13.8 Å². The van der Waals surface area contributed by atoms with Crippen molar-refractivity contribution < 1.29 is 4.79 Å². The Morgan fingerprint density at radius 3 is 2.23 bits per heavy atom. The molecule has 3 N–H and O–H groups in total. The average molecular weight is 644 g/mol. The van der Waals surface area contributed by atoms with Gasteiger partial charge in [0.2, 0.25) is 10.8 Å². The molecule has 8 heterocycles. The zero-order chi connectivity index (χ0) is 32.8. The molecule has 0 aromatic carbocycles. The van der Waals surface area contributed by atoms with Gasteiger partial charge < -0.3 is 16.0 Å². The number of amides is 2. The normalized spacial score (nSPS) is 21.2. The predicted octanol–water partition coefficient (Wildman–Crippen LogP) is 3.18. The molecule has 2 atom stereocenters. The number of pyridine rings is 4. The van der Waals surface area contributed by atoms with Crippen LogP contribution < -0.4 is 36.3 Å². The SMILES string of the molecule is Cc1cc(-c2ccc3c(n2)=N[C@H]2CC[N+]=3C2)ccn1.Cc1cc(-c2ccc3c(n2)N(C(=O)NC2CC2)[C@H]2CCN3C2)ccn1.NC1CC1. The van der Waals surface area contributed by atoms with Crippen molar-refractivity contribution in [1.29, 1.82) is 0 Å². The van der Waals surface area contributed by atoms with Crippen molar-refractivity contribution in [2.24, 2.45) is 10.7 Å². The number of urea groups is 1. The molecule has 4 aromatic rings. The summed E-state index contributed by atoms with van der Waals surface area (Å²) in [5.74, 6) is 0.791. The highest BCUT2D eigenvalue weighted by atomic mass is 16.2. The van der Waals surface area contributed by atoms with Gasteiger partial charge in [0.05, 0.1) is 23.1 Å². The molecule has 4 aliphatic heterocycles. The summed E-state index contributed by atoms with van der Waals surface area (Å²) in [5.41, 5.74) is 13.2. The highest BCUT2D eigenvalue weighted by Crippen LogP contribution is 2.40. The van der Waals surface area contributed by atoms with E-state index in [2.05, 4.69) is 49.0 Å². The second-order valence-electron chi connectivity index (χ2n) is 13.8. The Labute approximate surface area is 280 Å². The van der Waals surface area contributed by atoms with Crippen LogP contribution in [-0.4, -0.2) is 76.3 Å². The minimum Gasteiger partial charge on any atom is -0.366 e. The number of carbonyl (C=O) groups excluding carboxylic acids is 1. The molecule has 0 spiro atoms. The largest absolute Gasteiger partial charge is 0.366 e. The summed E-state index contributed by atoms with van der Waals surface area (Å²) in [5, 5.41) is 4.32. The predicted molar refractivity (Wildman–Crippen MR) is 186 cm³/mol. The molecule has 6 aliphatic rings. The Morgan fingerprint density at radius 1 is 0.875 bits per heavy atom. The molecule has 246 valence electrons. The van der Waals surface area contributed by atoms with Gasteiger partial charge in [-0.15, -0.1) is 0 Å². The maximum atomic E-state index is 12.8. The molecule has 2 saturated carbocycles. The summed E-state index contributed by atoms with van der Waals surface area (Å²) in [6.45, 7) is 8.03. The summed E-state index contributed by atoms with van der Waals surface area (Å²) >= 11 is 0. The zero-order valence-corrected chi connectivity index (χ0v) is 27.7. The molecule has 0 unspecified atom stereocenters. The van der Waals surface area contributed by atoms with Crippen molar-refractivity contribution in [3.63, 3.8) is 0 Å². The molecule has 11 heteroatoms. The lowest BCUT2D eigenvalue weighted by Gasteiger charge is -2.36. The first kappa shape index (κ1) is 30.6. The van der Waals surface area contributed by atoms with E-state index in [1.54, 1.807) is 6.20 Å². The Balaban J connectivity index is 0.000000129. The van der Waals surface area contributed by atoms with Crippen molar-refractivity contribution in [3.05, 3.63) is 83.2 Å². The molecule has 2 saturated heterocycles. The first-order valence-corrected chi connectivity index (χ1v) is 17.3. The fraction of sp³-hybridized carbons (Fsp3) is 0.432. The number of nitrogens with two attached hydrogens (primary N) is 1. The van der Waals surface area contributed by atoms with Crippen LogP contribution in [-0.2, 0) is 0 Å². The van der Waals surface area contributed by atoms with E-state index in [9.17, 15) is 4.79 Å². The molecule has 4 bridgehead atoms. The van der Waals surface area contributed by atoms with Gasteiger partial charge in [0.15, 0.2) is 12.4 Å². The molecular formula is C37H43N10O+. The number of carbonyl (C=O) groups is 1. The lowest BCUT2D eigenvalue weighted by Crippen LogP contribution is -2.51. The summed E-state index contributed by atoms with van der Waals surface area (Å²) in [7, 11) is 0. The first-order chi connectivity index (χ1) is 23.4. The molecule has 2 aliphatic carbocycles. The van der Waals surface area contributed by atoms with Crippen LogP contribution in [0.15, 0.2) is 65.9 Å². The number of hydrogen-bond donors (Lipinski definition) is 2. The highest BCUT2D eigenvalue weighted by Gasteiger charge is 2.41. The van der Waals surface area contributed by atoms with E-state index in [1.807, 2.05) is 49.2 Å². The number of fused-ring (bicyclic) bond motifs is 7. The van der Waals surface area contributed by atoms with E-state index in [0.29, 0.717) is 18.1 Å². The summed E-state index contributed by atoms with van der Waals surface area (Å²) in [6.07, 6.45) is 10.5. The standard InChI is InChI=1S/C19H21N5O.C15H15N4.C3H7N/c1-12-10-13(6-8-20-12)16-4-5-17-18(22-16)24(15-7-9-23(17)11-15)19(25)21-14-2-3-14;1-10-8-11(4-6-16-10)13-2-3-14-15(18-13)17-12-5-7-19(14)9-12;4-3-1-2-3/h4-6,8,10,14-15H,2-3,7,9,11H2,1H3,(H,21,25);2-4,6,8,12H,5,7,9H2,1H3;3H,1-2,4H2/q;+1;/t15-;12-;/m00./s1. The fourth-order valence-electron chi connectivity index (χ4n) is 6.79. The van der Waals surface area contributed by atoms with Gasteiger partial charge in [0.25, 0.3) is 0 Å². The van der Waals surface area contributed by atoms with Gasteiger partial charge >= 0.3 is 6.03 Å². The average Bonchev–Trinajstić information content (AvgIpc) is 4.01. The van der Waals surface area contributed by atoms with Crippen LogP contribution in [0.1, 0.15) is 49.9 Å². The molecule has 0 radical (unpaired) electrons. The van der Waals surface area contributed by atoms with Gasteiger partial charge in [0.1, 0.15) is 12.6 Å². The zero-order valence-electron chi connectivity index (χ0n) is 27.7. The van der Waals surface area contributed by atoms with E-state index >= 15 is 0 Å². The lowest BCUT2D eigenvalue weighted by atomic mass is 10.1. The summed E-state index contributed by atoms with van der Waals surface area (Å²) in [6, 6.07) is 18.0. The Kier molecular flexibility index (Phi) is 8.07. The molecular weight excluding hydrogens is 600 g/mol. The molecule has 48 heavy (non-hydrogen) atoms. The third-order valence-electron chi connectivity index (χ3n) is 9.75. The monoisotopic (exact) mass is 643 g/mol. The first-order valence-electron chi connectivity index (χ1n) is 17.3. The third-order valence-corrected chi connectivity index (χ3v) is 9.75. The van der Waals surface area contributed by atoms with Gasteiger partial charge in [-0.25, -0.2) is 19.3 Å². The number of nitrogens with one attached hydrogen (secondary N) is 1. The minimum atomic E-state index is 0.00542. The second kappa shape index (κ2) is 12.7. The van der Waals surface area contributed by atoms with Crippen molar-refractivity contribution in [2.45, 2.75) is 76.5 Å². The topological polar surface area (TPSA) is 129 Å². The lowest BCUT2D eigenvalue weighted by molar-refractivity contribution is 0.243. The molecule has 4 aromatic heterocycles. The fourth-order valence-corrected chi connectivity index (χ4v) is 6.79. The quantitative estimate of drug-likeness (QED) is 0.328. The van der Waals surface area contributed by atoms with Crippen LogP contribution in [0.4, 0.5) is 16.3 Å². The van der Waals surface area contributed by atoms with Crippen LogP contribution >= 0.6 is 0 Å². The van der Waals surface area contributed by atoms with Crippen molar-refractivity contribution >= 4 is 17.5 Å². The molecule has 4 fully saturated rings. The van der Waals surface area contributed by atoms with E-state index in [1.165, 1.54) is 18.2 Å². The van der Waals surface area contributed by atoms with Crippen molar-refractivity contribution in [2.75, 3.05) is 36.0 Å². The van der Waals surface area contributed by atoms with E-state index in [0.717, 1.165) is 103 Å².